The number of carboxylic acid groups (broad SMARTS) is 1. The summed E-state index contributed by atoms with van der Waals surface area (Å²) in [5.74, 6) is -2.78. The molecule has 0 aliphatic carbocycles. The van der Waals surface area contributed by atoms with Gasteiger partial charge in [0.1, 0.15) is 12.1 Å². The standard InChI is InChI=1S/C30H25ClN4O6/c1-15(36)24(29(39)40)33-27(37)19-10-3-5-12-22(19)35-28(38)23-14-20-18-9-2-4-11-21(18)32-25(20)26(34(23)30(35)41)16-7-6-8-17(31)13-16/h2-13,15,23-24,26,32,36H,14H2,1H3,(H,33,37)(H,39,40)/t15-,23+,24-,26-/m1/s1. The van der Waals surface area contributed by atoms with Crippen molar-refractivity contribution in [2.75, 3.05) is 4.90 Å². The number of nitrogens with zero attached hydrogens (tertiary/aromatic N) is 2. The molecule has 6 rings (SSSR count). The Hall–Kier alpha value is -4.67. The van der Waals surface area contributed by atoms with E-state index in [1.54, 1.807) is 30.3 Å². The number of hydrogen-bond donors (Lipinski definition) is 4. The number of carbonyl (C=O) groups is 4. The average molecular weight is 573 g/mol. The molecule has 1 fully saturated rings. The Morgan fingerprint density at radius 3 is 2.51 bits per heavy atom. The molecule has 3 aromatic carbocycles. The first-order chi connectivity index (χ1) is 19.7. The Morgan fingerprint density at radius 1 is 1.05 bits per heavy atom. The second kappa shape index (κ2) is 10.1. The molecule has 0 unspecified atom stereocenters. The van der Waals surface area contributed by atoms with Crippen molar-refractivity contribution < 1.29 is 29.4 Å². The van der Waals surface area contributed by atoms with E-state index in [0.29, 0.717) is 10.6 Å². The Morgan fingerprint density at radius 2 is 1.78 bits per heavy atom. The monoisotopic (exact) mass is 572 g/mol. The van der Waals surface area contributed by atoms with Crippen molar-refractivity contribution in [1.29, 1.82) is 0 Å². The van der Waals surface area contributed by atoms with Crippen LogP contribution >= 0.6 is 11.6 Å². The Balaban J connectivity index is 1.45. The molecule has 0 bridgehead atoms. The predicted molar refractivity (Wildman–Crippen MR) is 151 cm³/mol. The molecule has 208 valence electrons. The number of hydrogen-bond acceptors (Lipinski definition) is 5. The number of aliphatic hydroxyl groups is 1. The SMILES string of the molecule is C[C@@H](O)[C@@H](NC(=O)c1ccccc1N1C(=O)[C@@H]2Cc3c([nH]c4ccccc34)[C@@H](c3cccc(Cl)c3)N2C1=O)C(=O)O. The van der Waals surface area contributed by atoms with E-state index in [9.17, 15) is 29.4 Å². The highest BCUT2D eigenvalue weighted by Gasteiger charge is 2.53. The van der Waals surface area contributed by atoms with Gasteiger partial charge in [0.05, 0.1) is 17.4 Å². The number of halogens is 1. The number of aliphatic carboxylic acids is 1. The molecule has 10 nitrogen and oxygen atoms in total. The van der Waals surface area contributed by atoms with Crippen LogP contribution in [0.3, 0.4) is 0 Å². The summed E-state index contributed by atoms with van der Waals surface area (Å²) in [5.41, 5.74) is 3.23. The van der Waals surface area contributed by atoms with Crippen LogP contribution in [0.15, 0.2) is 72.8 Å². The first-order valence-electron chi connectivity index (χ1n) is 13.0. The fourth-order valence-corrected chi connectivity index (χ4v) is 5.99. The molecule has 11 heteroatoms. The molecule has 4 aromatic rings. The number of aliphatic hydroxyl groups excluding tert-OH is 1. The maximum absolute atomic E-state index is 14.2. The molecule has 0 spiro atoms. The minimum Gasteiger partial charge on any atom is -0.480 e. The average Bonchev–Trinajstić information content (AvgIpc) is 3.44. The summed E-state index contributed by atoms with van der Waals surface area (Å²) in [6, 6.07) is 17.1. The van der Waals surface area contributed by atoms with Crippen molar-refractivity contribution in [3.63, 3.8) is 0 Å². The molecule has 1 saturated heterocycles. The zero-order valence-corrected chi connectivity index (χ0v) is 22.5. The second-order valence-electron chi connectivity index (χ2n) is 10.2. The van der Waals surface area contributed by atoms with E-state index in [4.69, 9.17) is 11.6 Å². The molecule has 4 N–H and O–H groups in total. The smallest absolute Gasteiger partial charge is 0.332 e. The number of amides is 4. The van der Waals surface area contributed by atoms with Gasteiger partial charge in [-0.25, -0.2) is 14.5 Å². The number of imide groups is 1. The van der Waals surface area contributed by atoms with Crippen molar-refractivity contribution in [1.82, 2.24) is 15.2 Å². The van der Waals surface area contributed by atoms with E-state index in [1.807, 2.05) is 30.3 Å². The van der Waals surface area contributed by atoms with Crippen molar-refractivity contribution >= 4 is 52.0 Å². The third-order valence-corrected chi connectivity index (χ3v) is 7.87. The zero-order valence-electron chi connectivity index (χ0n) is 21.7. The van der Waals surface area contributed by atoms with Crippen molar-refractivity contribution in [2.24, 2.45) is 0 Å². The first kappa shape index (κ1) is 26.5. The van der Waals surface area contributed by atoms with Gasteiger partial charge < -0.3 is 20.5 Å². The fourth-order valence-electron chi connectivity index (χ4n) is 5.79. The first-order valence-corrected chi connectivity index (χ1v) is 13.4. The molecule has 3 heterocycles. The Kier molecular flexibility index (Phi) is 6.51. The fraction of sp³-hybridized carbons (Fsp3) is 0.200. The highest BCUT2D eigenvalue weighted by Crippen LogP contribution is 2.45. The van der Waals surface area contributed by atoms with Crippen molar-refractivity contribution in [3.05, 3.63) is 100 Å². The van der Waals surface area contributed by atoms with Crippen LogP contribution in [0.4, 0.5) is 10.5 Å². The van der Waals surface area contributed by atoms with Gasteiger partial charge in [-0.15, -0.1) is 0 Å². The second-order valence-corrected chi connectivity index (χ2v) is 10.6. The molecule has 1 aromatic heterocycles. The number of nitrogens with one attached hydrogen (secondary N) is 2. The van der Waals surface area contributed by atoms with Crippen LogP contribution in [0.5, 0.6) is 0 Å². The maximum atomic E-state index is 14.2. The van der Waals surface area contributed by atoms with Gasteiger partial charge in [-0.1, -0.05) is 54.1 Å². The number of aromatic nitrogens is 1. The number of carbonyl (C=O) groups excluding carboxylic acids is 3. The number of anilines is 1. The quantitative estimate of drug-likeness (QED) is 0.258. The van der Waals surface area contributed by atoms with E-state index in [2.05, 4.69) is 10.3 Å². The number of benzene rings is 3. The lowest BCUT2D eigenvalue weighted by Gasteiger charge is -2.36. The molecule has 0 radical (unpaired) electrons. The lowest BCUT2D eigenvalue weighted by molar-refractivity contribution is -0.141. The van der Waals surface area contributed by atoms with Crippen LogP contribution in [0.2, 0.25) is 5.02 Å². The summed E-state index contributed by atoms with van der Waals surface area (Å²) in [6.45, 7) is 1.24. The summed E-state index contributed by atoms with van der Waals surface area (Å²) in [6.07, 6.45) is -1.12. The minimum atomic E-state index is -1.59. The lowest BCUT2D eigenvalue weighted by atomic mass is 9.89. The van der Waals surface area contributed by atoms with E-state index in [1.165, 1.54) is 24.0 Å². The molecule has 4 atom stereocenters. The van der Waals surface area contributed by atoms with Gasteiger partial charge in [0.25, 0.3) is 11.8 Å². The van der Waals surface area contributed by atoms with E-state index < -0.39 is 48.0 Å². The van der Waals surface area contributed by atoms with Gasteiger partial charge in [0.2, 0.25) is 0 Å². The van der Waals surface area contributed by atoms with E-state index in [0.717, 1.165) is 27.1 Å². The molecular formula is C30H25ClN4O6. The van der Waals surface area contributed by atoms with Crippen LogP contribution in [0.1, 0.15) is 40.1 Å². The lowest BCUT2D eigenvalue weighted by Crippen LogP contribution is -2.48. The summed E-state index contributed by atoms with van der Waals surface area (Å²) in [5, 5.41) is 23.0. The summed E-state index contributed by atoms with van der Waals surface area (Å²) in [7, 11) is 0. The highest BCUT2D eigenvalue weighted by molar-refractivity contribution is 6.30. The largest absolute Gasteiger partial charge is 0.480 e. The molecule has 2 aliphatic rings. The summed E-state index contributed by atoms with van der Waals surface area (Å²) in [4.78, 5) is 58.9. The zero-order chi connectivity index (χ0) is 29.0. The van der Waals surface area contributed by atoms with Crippen molar-refractivity contribution in [2.45, 2.75) is 37.6 Å². The maximum Gasteiger partial charge on any atom is 0.332 e. The van der Waals surface area contributed by atoms with Gasteiger partial charge in [0.15, 0.2) is 6.04 Å². The molecule has 0 saturated carbocycles. The van der Waals surface area contributed by atoms with E-state index in [-0.39, 0.29) is 17.7 Å². The van der Waals surface area contributed by atoms with Crippen LogP contribution < -0.4 is 10.2 Å². The Labute approximate surface area is 239 Å². The van der Waals surface area contributed by atoms with Gasteiger partial charge in [0, 0.05) is 28.0 Å². The number of fused-ring (bicyclic) bond motifs is 4. The molecule has 41 heavy (non-hydrogen) atoms. The summed E-state index contributed by atoms with van der Waals surface area (Å²) < 4.78 is 0. The van der Waals surface area contributed by atoms with Crippen LogP contribution in [-0.2, 0) is 16.0 Å². The van der Waals surface area contributed by atoms with Crippen LogP contribution in [0, 0.1) is 0 Å². The van der Waals surface area contributed by atoms with Crippen molar-refractivity contribution in [3.8, 4) is 0 Å². The van der Waals surface area contributed by atoms with Crippen LogP contribution in [-0.4, -0.2) is 62.1 Å². The predicted octanol–water partition coefficient (Wildman–Crippen LogP) is 3.87. The number of H-pyrrole nitrogens is 1. The number of rotatable bonds is 6. The number of urea groups is 1. The highest BCUT2D eigenvalue weighted by atomic mass is 35.5. The van der Waals surface area contributed by atoms with Crippen LogP contribution in [0.25, 0.3) is 10.9 Å². The topological polar surface area (TPSA) is 143 Å². The third kappa shape index (κ3) is 4.32. The number of carboxylic acids is 1. The minimum absolute atomic E-state index is 0.0162. The Bertz CT molecular complexity index is 1730. The van der Waals surface area contributed by atoms with E-state index >= 15 is 0 Å². The third-order valence-electron chi connectivity index (χ3n) is 7.64. The molecule has 4 amide bonds. The van der Waals surface area contributed by atoms with Gasteiger partial charge in [-0.2, -0.15) is 0 Å². The number of aromatic amines is 1. The van der Waals surface area contributed by atoms with Gasteiger partial charge in [-0.3, -0.25) is 14.5 Å². The van der Waals surface area contributed by atoms with Gasteiger partial charge >= 0.3 is 12.0 Å². The molecule has 2 aliphatic heterocycles. The normalized spacial score (nSPS) is 19.6. The molecular weight excluding hydrogens is 548 g/mol. The van der Waals surface area contributed by atoms with Gasteiger partial charge in [-0.05, 0) is 48.4 Å². The summed E-state index contributed by atoms with van der Waals surface area (Å²) >= 11 is 6.35. The number of para-hydroxylation sites is 2.